The number of rotatable bonds is 6. The minimum Gasteiger partial charge on any atom is -0.480 e. The number of benzene rings is 1. The van der Waals surface area contributed by atoms with Crippen LogP contribution in [0.15, 0.2) is 35.7 Å². The first-order chi connectivity index (χ1) is 10.3. The SMILES string of the molecule is Cc1ccc(F)cc1S(=O)(=O)NC(Cn1cncn1)C(=O)O. The number of halogens is 1. The van der Waals surface area contributed by atoms with Crippen molar-refractivity contribution in [2.24, 2.45) is 0 Å². The van der Waals surface area contributed by atoms with Gasteiger partial charge in [-0.1, -0.05) is 6.07 Å². The van der Waals surface area contributed by atoms with Crippen LogP contribution in [0.5, 0.6) is 0 Å². The fraction of sp³-hybridized carbons (Fsp3) is 0.250. The van der Waals surface area contributed by atoms with Gasteiger partial charge in [-0.25, -0.2) is 17.8 Å². The van der Waals surface area contributed by atoms with Crippen molar-refractivity contribution in [1.82, 2.24) is 19.5 Å². The molecule has 0 aliphatic carbocycles. The molecule has 0 saturated carbocycles. The average Bonchev–Trinajstić information content (AvgIpc) is 2.93. The molecule has 0 fully saturated rings. The van der Waals surface area contributed by atoms with Gasteiger partial charge in [-0.05, 0) is 24.6 Å². The zero-order valence-corrected chi connectivity index (χ0v) is 12.3. The Bertz CT molecular complexity index is 776. The molecule has 0 amide bonds. The highest BCUT2D eigenvalue weighted by Gasteiger charge is 2.27. The number of aryl methyl sites for hydroxylation is 1. The van der Waals surface area contributed by atoms with Crippen molar-refractivity contribution in [1.29, 1.82) is 0 Å². The van der Waals surface area contributed by atoms with Gasteiger partial charge >= 0.3 is 5.97 Å². The summed E-state index contributed by atoms with van der Waals surface area (Å²) in [6.45, 7) is 1.24. The summed E-state index contributed by atoms with van der Waals surface area (Å²) >= 11 is 0. The van der Waals surface area contributed by atoms with Crippen LogP contribution >= 0.6 is 0 Å². The van der Waals surface area contributed by atoms with Gasteiger partial charge in [0.05, 0.1) is 11.4 Å². The van der Waals surface area contributed by atoms with Crippen molar-refractivity contribution in [3.8, 4) is 0 Å². The molecule has 0 aliphatic rings. The summed E-state index contributed by atoms with van der Waals surface area (Å²) in [6.07, 6.45) is 2.46. The molecule has 2 rings (SSSR count). The van der Waals surface area contributed by atoms with E-state index >= 15 is 0 Å². The van der Waals surface area contributed by atoms with Gasteiger partial charge in [-0.2, -0.15) is 9.82 Å². The Morgan fingerprint density at radius 3 is 2.82 bits per heavy atom. The smallest absolute Gasteiger partial charge is 0.323 e. The highest BCUT2D eigenvalue weighted by molar-refractivity contribution is 7.89. The van der Waals surface area contributed by atoms with Gasteiger partial charge in [0.2, 0.25) is 10.0 Å². The molecule has 0 radical (unpaired) electrons. The lowest BCUT2D eigenvalue weighted by Gasteiger charge is -2.15. The Balaban J connectivity index is 2.28. The van der Waals surface area contributed by atoms with Gasteiger partial charge in [0, 0.05) is 0 Å². The maximum Gasteiger partial charge on any atom is 0.323 e. The third-order valence-electron chi connectivity index (χ3n) is 2.87. The number of hydrogen-bond donors (Lipinski definition) is 2. The first-order valence-corrected chi connectivity index (χ1v) is 7.61. The van der Waals surface area contributed by atoms with Crippen LogP contribution in [0.25, 0.3) is 0 Å². The van der Waals surface area contributed by atoms with Crippen molar-refractivity contribution in [2.75, 3.05) is 0 Å². The van der Waals surface area contributed by atoms with Crippen molar-refractivity contribution in [2.45, 2.75) is 24.4 Å². The minimum atomic E-state index is -4.19. The van der Waals surface area contributed by atoms with E-state index in [1.165, 1.54) is 30.3 Å². The average molecular weight is 328 g/mol. The molecule has 1 aromatic carbocycles. The van der Waals surface area contributed by atoms with Crippen molar-refractivity contribution in [3.63, 3.8) is 0 Å². The monoisotopic (exact) mass is 328 g/mol. The van der Waals surface area contributed by atoms with Crippen LogP contribution < -0.4 is 4.72 Å². The molecular formula is C12H13FN4O4S. The standard InChI is InChI=1S/C12H13FN4O4S/c1-8-2-3-9(13)4-11(8)22(20,21)16-10(12(18)19)5-17-7-14-6-15-17/h2-4,6-7,10,16H,5H2,1H3,(H,18,19). The van der Waals surface area contributed by atoms with E-state index in [2.05, 4.69) is 10.1 Å². The molecule has 22 heavy (non-hydrogen) atoms. The van der Waals surface area contributed by atoms with E-state index in [0.717, 1.165) is 12.1 Å². The number of aliphatic carboxylic acids is 1. The van der Waals surface area contributed by atoms with E-state index in [1.54, 1.807) is 0 Å². The first-order valence-electron chi connectivity index (χ1n) is 6.13. The second-order valence-electron chi connectivity index (χ2n) is 4.54. The number of carboxylic acid groups (broad SMARTS) is 1. The fourth-order valence-electron chi connectivity index (χ4n) is 1.79. The summed E-state index contributed by atoms with van der Waals surface area (Å²) in [5.74, 6) is -2.11. The lowest BCUT2D eigenvalue weighted by atomic mass is 10.2. The van der Waals surface area contributed by atoms with Gasteiger partial charge in [-0.15, -0.1) is 0 Å². The molecule has 0 saturated heterocycles. The molecule has 2 N–H and O–H groups in total. The molecule has 10 heteroatoms. The normalized spacial score (nSPS) is 13.0. The maximum absolute atomic E-state index is 13.2. The van der Waals surface area contributed by atoms with Crippen LogP contribution in [0.4, 0.5) is 4.39 Å². The minimum absolute atomic E-state index is 0.247. The van der Waals surface area contributed by atoms with Crippen molar-refractivity contribution in [3.05, 3.63) is 42.2 Å². The summed E-state index contributed by atoms with van der Waals surface area (Å²) in [5, 5.41) is 12.9. The van der Waals surface area contributed by atoms with Crippen molar-refractivity contribution < 1.29 is 22.7 Å². The second-order valence-corrected chi connectivity index (χ2v) is 6.22. The van der Waals surface area contributed by atoms with E-state index in [-0.39, 0.29) is 11.4 Å². The van der Waals surface area contributed by atoms with E-state index in [0.29, 0.717) is 5.56 Å². The molecule has 118 valence electrons. The predicted octanol–water partition coefficient (Wildman–Crippen LogP) is 0.157. The third kappa shape index (κ3) is 3.65. The van der Waals surface area contributed by atoms with Crippen molar-refractivity contribution >= 4 is 16.0 Å². The van der Waals surface area contributed by atoms with Gasteiger partial charge in [-0.3, -0.25) is 9.48 Å². The van der Waals surface area contributed by atoms with E-state index in [9.17, 15) is 17.6 Å². The lowest BCUT2D eigenvalue weighted by Crippen LogP contribution is -2.43. The number of nitrogens with zero attached hydrogens (tertiary/aromatic N) is 3. The van der Waals surface area contributed by atoms with Crippen LogP contribution in [-0.2, 0) is 21.4 Å². The Morgan fingerprint density at radius 1 is 1.50 bits per heavy atom. The summed E-state index contributed by atoms with van der Waals surface area (Å²) < 4.78 is 41.0. The van der Waals surface area contributed by atoms with Crippen LogP contribution in [0, 0.1) is 12.7 Å². The Morgan fingerprint density at radius 2 is 2.23 bits per heavy atom. The molecule has 2 aromatic rings. The third-order valence-corrected chi connectivity index (χ3v) is 4.49. The number of aromatic nitrogens is 3. The first kappa shape index (κ1) is 16.0. The van der Waals surface area contributed by atoms with E-state index in [1.807, 2.05) is 4.72 Å². The molecule has 1 unspecified atom stereocenters. The Labute approximate surface area is 125 Å². The Hall–Kier alpha value is -2.33. The largest absolute Gasteiger partial charge is 0.480 e. The zero-order chi connectivity index (χ0) is 16.3. The summed E-state index contributed by atoms with van der Waals surface area (Å²) in [4.78, 5) is 14.6. The molecular weight excluding hydrogens is 315 g/mol. The van der Waals surface area contributed by atoms with Crippen LogP contribution in [0.3, 0.4) is 0 Å². The Kier molecular flexibility index (Phi) is 4.52. The fourth-order valence-corrected chi connectivity index (χ4v) is 3.23. The van der Waals surface area contributed by atoms with Crippen LogP contribution in [0.1, 0.15) is 5.56 Å². The quantitative estimate of drug-likeness (QED) is 0.780. The topological polar surface area (TPSA) is 114 Å². The number of sulfonamides is 1. The van der Waals surface area contributed by atoms with Gasteiger partial charge in [0.15, 0.2) is 0 Å². The molecule has 1 heterocycles. The molecule has 0 bridgehead atoms. The zero-order valence-electron chi connectivity index (χ0n) is 11.5. The summed E-state index contributed by atoms with van der Waals surface area (Å²) in [7, 11) is -4.19. The van der Waals surface area contributed by atoms with Crippen LogP contribution in [0.2, 0.25) is 0 Å². The number of nitrogens with one attached hydrogen (secondary N) is 1. The van der Waals surface area contributed by atoms with Crippen LogP contribution in [-0.4, -0.2) is 40.3 Å². The summed E-state index contributed by atoms with van der Waals surface area (Å²) in [6, 6.07) is 1.80. The molecule has 0 aliphatic heterocycles. The maximum atomic E-state index is 13.2. The van der Waals surface area contributed by atoms with Gasteiger partial charge in [0.1, 0.15) is 24.5 Å². The molecule has 0 spiro atoms. The van der Waals surface area contributed by atoms with E-state index < -0.39 is 27.9 Å². The molecule has 1 aromatic heterocycles. The predicted molar refractivity (Wildman–Crippen MR) is 72.9 cm³/mol. The molecule has 1 atom stereocenters. The second kappa shape index (κ2) is 6.20. The van der Waals surface area contributed by atoms with Gasteiger partial charge < -0.3 is 5.11 Å². The number of carbonyl (C=O) groups is 1. The summed E-state index contributed by atoms with van der Waals surface area (Å²) in [5.41, 5.74) is 0.304. The number of hydrogen-bond acceptors (Lipinski definition) is 5. The highest BCUT2D eigenvalue weighted by atomic mass is 32.2. The molecule has 8 nitrogen and oxygen atoms in total. The number of carboxylic acids is 1. The van der Waals surface area contributed by atoms with Gasteiger partial charge in [0.25, 0.3) is 0 Å². The lowest BCUT2D eigenvalue weighted by molar-refractivity contribution is -0.139. The van der Waals surface area contributed by atoms with E-state index in [4.69, 9.17) is 5.11 Å². The highest BCUT2D eigenvalue weighted by Crippen LogP contribution is 2.16.